The van der Waals surface area contributed by atoms with Crippen molar-refractivity contribution in [3.63, 3.8) is 0 Å². The molecule has 0 amide bonds. The van der Waals surface area contributed by atoms with E-state index in [2.05, 4.69) is 40.4 Å². The summed E-state index contributed by atoms with van der Waals surface area (Å²) in [6.45, 7) is 0.415. The van der Waals surface area contributed by atoms with E-state index in [4.69, 9.17) is 16.3 Å². The summed E-state index contributed by atoms with van der Waals surface area (Å²) >= 11 is 6.05. The zero-order valence-electron chi connectivity index (χ0n) is 18.1. The summed E-state index contributed by atoms with van der Waals surface area (Å²) in [5.41, 5.74) is 5.92. The van der Waals surface area contributed by atoms with E-state index in [-0.39, 0.29) is 0 Å². The van der Waals surface area contributed by atoms with Gasteiger partial charge >= 0.3 is 0 Å². The summed E-state index contributed by atoms with van der Waals surface area (Å²) in [5, 5.41) is 6.45. The third kappa shape index (κ3) is 4.97. The Kier molecular flexibility index (Phi) is 5.92. The lowest BCUT2D eigenvalue weighted by atomic mass is 10.00. The molecule has 0 atom stereocenters. The van der Waals surface area contributed by atoms with Crippen LogP contribution in [0.4, 0.5) is 0 Å². The van der Waals surface area contributed by atoms with Crippen LogP contribution in [0.2, 0.25) is 5.02 Å². The van der Waals surface area contributed by atoms with Crippen LogP contribution in [-0.2, 0) is 13.7 Å². The first kappa shape index (κ1) is 21.0. The van der Waals surface area contributed by atoms with Gasteiger partial charge in [0.05, 0.1) is 16.9 Å². The Morgan fingerprint density at radius 2 is 1.70 bits per heavy atom. The maximum Gasteiger partial charge on any atom is 0.130 e. The lowest BCUT2D eigenvalue weighted by Gasteiger charge is -2.10. The fraction of sp³-hybridized carbons (Fsp3) is 0.0714. The van der Waals surface area contributed by atoms with E-state index in [1.807, 2.05) is 80.0 Å². The zero-order chi connectivity index (χ0) is 22.6. The van der Waals surface area contributed by atoms with Gasteiger partial charge in [0.2, 0.25) is 0 Å². The third-order valence-corrected chi connectivity index (χ3v) is 5.63. The number of fused-ring (bicyclic) bond motifs is 1. The standard InChI is InChI=1S/C28H22ClN3O/c1-32-17-16-28(31-32)26(18-20-6-11-23(29)12-7-20)21-9-14-25(15-10-21)33-19-24-13-8-22-4-2-3-5-27(22)30-24/h2-18H,19H2,1H3. The van der Waals surface area contributed by atoms with E-state index >= 15 is 0 Å². The average molecular weight is 452 g/mol. The minimum atomic E-state index is 0.415. The largest absolute Gasteiger partial charge is 0.487 e. The number of ether oxygens (including phenoxy) is 1. The van der Waals surface area contributed by atoms with Crippen molar-refractivity contribution >= 4 is 34.2 Å². The van der Waals surface area contributed by atoms with Crippen molar-refractivity contribution in [1.29, 1.82) is 0 Å². The van der Waals surface area contributed by atoms with Crippen molar-refractivity contribution in [2.24, 2.45) is 7.05 Å². The second kappa shape index (κ2) is 9.31. The van der Waals surface area contributed by atoms with E-state index in [0.29, 0.717) is 11.6 Å². The molecule has 0 spiro atoms. The Morgan fingerprint density at radius 3 is 2.45 bits per heavy atom. The molecule has 4 nitrogen and oxygen atoms in total. The highest BCUT2D eigenvalue weighted by Crippen LogP contribution is 2.27. The SMILES string of the molecule is Cn1ccc(C(=Cc2ccc(Cl)cc2)c2ccc(OCc3ccc4ccccc4n3)cc2)n1. The van der Waals surface area contributed by atoms with Crippen LogP contribution < -0.4 is 4.74 Å². The molecule has 0 N–H and O–H groups in total. The molecule has 0 saturated carbocycles. The van der Waals surface area contributed by atoms with Crippen LogP contribution in [0.3, 0.4) is 0 Å². The molecule has 0 aliphatic rings. The minimum absolute atomic E-state index is 0.415. The van der Waals surface area contributed by atoms with Gasteiger partial charge in [0.25, 0.3) is 0 Å². The number of aromatic nitrogens is 3. The second-order valence-electron chi connectivity index (χ2n) is 7.79. The Balaban J connectivity index is 1.37. The van der Waals surface area contributed by atoms with Crippen LogP contribution in [0.5, 0.6) is 5.75 Å². The number of para-hydroxylation sites is 1. The molecule has 162 valence electrons. The number of hydrogen-bond donors (Lipinski definition) is 0. The summed E-state index contributed by atoms with van der Waals surface area (Å²) in [4.78, 5) is 4.68. The Morgan fingerprint density at radius 1 is 0.909 bits per heavy atom. The molecule has 0 fully saturated rings. The molecular formula is C28H22ClN3O. The number of aryl methyl sites for hydroxylation is 1. The summed E-state index contributed by atoms with van der Waals surface area (Å²) in [6.07, 6.45) is 4.06. The fourth-order valence-electron chi connectivity index (χ4n) is 3.67. The molecule has 5 aromatic rings. The van der Waals surface area contributed by atoms with E-state index in [9.17, 15) is 0 Å². The first-order valence-electron chi connectivity index (χ1n) is 10.7. The van der Waals surface area contributed by atoms with Crippen molar-refractivity contribution in [2.45, 2.75) is 6.61 Å². The Bertz CT molecular complexity index is 1420. The molecule has 0 radical (unpaired) electrons. The average Bonchev–Trinajstić information content (AvgIpc) is 3.28. The minimum Gasteiger partial charge on any atom is -0.487 e. The monoisotopic (exact) mass is 451 g/mol. The van der Waals surface area contributed by atoms with Gasteiger partial charge in [0.1, 0.15) is 12.4 Å². The lowest BCUT2D eigenvalue weighted by molar-refractivity contribution is 0.302. The quantitative estimate of drug-likeness (QED) is 0.267. The molecule has 33 heavy (non-hydrogen) atoms. The van der Waals surface area contributed by atoms with E-state index in [1.165, 1.54) is 0 Å². The molecule has 0 aliphatic heterocycles. The molecule has 2 aromatic heterocycles. The summed E-state index contributed by atoms with van der Waals surface area (Å²) in [6, 6.07) is 30.0. The summed E-state index contributed by atoms with van der Waals surface area (Å²) < 4.78 is 7.81. The number of halogens is 1. The molecule has 0 aliphatic carbocycles. The predicted molar refractivity (Wildman–Crippen MR) is 134 cm³/mol. The fourth-order valence-corrected chi connectivity index (χ4v) is 3.79. The second-order valence-corrected chi connectivity index (χ2v) is 8.23. The topological polar surface area (TPSA) is 39.9 Å². The number of rotatable bonds is 6. The third-order valence-electron chi connectivity index (χ3n) is 5.38. The van der Waals surface area contributed by atoms with Crippen molar-refractivity contribution in [3.8, 4) is 5.75 Å². The van der Waals surface area contributed by atoms with Gasteiger partial charge < -0.3 is 4.74 Å². The van der Waals surface area contributed by atoms with Crippen LogP contribution in [0, 0.1) is 0 Å². The summed E-state index contributed by atoms with van der Waals surface area (Å²) in [5.74, 6) is 0.792. The molecule has 5 rings (SSSR count). The van der Waals surface area contributed by atoms with Crippen molar-refractivity contribution in [3.05, 3.63) is 125 Å². The van der Waals surface area contributed by atoms with Crippen LogP contribution in [0.15, 0.2) is 97.2 Å². The first-order valence-corrected chi connectivity index (χ1v) is 11.1. The van der Waals surface area contributed by atoms with Gasteiger partial charge in [0, 0.05) is 29.2 Å². The maximum absolute atomic E-state index is 6.05. The molecular weight excluding hydrogens is 430 g/mol. The molecule has 5 heteroatoms. The summed E-state index contributed by atoms with van der Waals surface area (Å²) in [7, 11) is 1.92. The molecule has 2 heterocycles. The predicted octanol–water partition coefficient (Wildman–Crippen LogP) is 6.79. The molecule has 0 saturated heterocycles. The van der Waals surface area contributed by atoms with Crippen molar-refractivity contribution in [2.75, 3.05) is 0 Å². The van der Waals surface area contributed by atoms with E-state index in [0.717, 1.165) is 44.7 Å². The van der Waals surface area contributed by atoms with Gasteiger partial charge in [-0.1, -0.05) is 60.1 Å². The van der Waals surface area contributed by atoms with E-state index < -0.39 is 0 Å². The maximum atomic E-state index is 6.05. The smallest absolute Gasteiger partial charge is 0.130 e. The number of hydrogen-bond acceptors (Lipinski definition) is 3. The van der Waals surface area contributed by atoms with Crippen LogP contribution in [0.1, 0.15) is 22.5 Å². The Hall–Kier alpha value is -3.89. The molecule has 0 unspecified atom stereocenters. The zero-order valence-corrected chi connectivity index (χ0v) is 18.9. The van der Waals surface area contributed by atoms with Gasteiger partial charge in [0.15, 0.2) is 0 Å². The van der Waals surface area contributed by atoms with Gasteiger partial charge in [-0.2, -0.15) is 5.10 Å². The molecule has 0 bridgehead atoms. The van der Waals surface area contributed by atoms with Gasteiger partial charge in [-0.25, -0.2) is 4.98 Å². The normalized spacial score (nSPS) is 11.6. The van der Waals surface area contributed by atoms with Gasteiger partial charge in [-0.3, -0.25) is 4.68 Å². The van der Waals surface area contributed by atoms with Crippen LogP contribution >= 0.6 is 11.6 Å². The van der Waals surface area contributed by atoms with Crippen molar-refractivity contribution in [1.82, 2.24) is 14.8 Å². The highest BCUT2D eigenvalue weighted by atomic mass is 35.5. The highest BCUT2D eigenvalue weighted by molar-refractivity contribution is 6.30. The van der Waals surface area contributed by atoms with E-state index in [1.54, 1.807) is 4.68 Å². The highest BCUT2D eigenvalue weighted by Gasteiger charge is 2.09. The lowest BCUT2D eigenvalue weighted by Crippen LogP contribution is -1.99. The van der Waals surface area contributed by atoms with Gasteiger partial charge in [-0.15, -0.1) is 0 Å². The molecule has 3 aromatic carbocycles. The number of pyridine rings is 1. The number of benzene rings is 3. The number of nitrogens with zero attached hydrogens (tertiary/aromatic N) is 3. The first-order chi connectivity index (χ1) is 16.1. The van der Waals surface area contributed by atoms with Crippen molar-refractivity contribution < 1.29 is 4.74 Å². The Labute approximate surface area is 197 Å². The van der Waals surface area contributed by atoms with Gasteiger partial charge in [-0.05, 0) is 59.7 Å². The van der Waals surface area contributed by atoms with Crippen LogP contribution in [-0.4, -0.2) is 14.8 Å². The van der Waals surface area contributed by atoms with Crippen LogP contribution in [0.25, 0.3) is 22.6 Å².